The second kappa shape index (κ2) is 7.75. The molecule has 2 heteroatoms. The maximum Gasteiger partial charge on any atom is 0.0638 e. The minimum Gasteiger partial charge on any atom is -0.386 e. The van der Waals surface area contributed by atoms with E-state index in [1.54, 1.807) is 0 Å². The molecule has 0 aromatic heterocycles. The van der Waals surface area contributed by atoms with E-state index in [1.807, 2.05) is 6.92 Å². The van der Waals surface area contributed by atoms with Gasteiger partial charge in [-0.2, -0.15) is 0 Å². The number of nitrogens with one attached hydrogen (secondary N) is 1. The van der Waals surface area contributed by atoms with Gasteiger partial charge in [-0.05, 0) is 32.1 Å². The molecule has 1 rings (SSSR count). The summed E-state index contributed by atoms with van der Waals surface area (Å²) in [4.78, 5) is 0. The summed E-state index contributed by atoms with van der Waals surface area (Å²) in [6.45, 7) is 6.92. The lowest BCUT2D eigenvalue weighted by atomic mass is 9.89. The molecule has 88 valence electrons. The van der Waals surface area contributed by atoms with Gasteiger partial charge in [0.1, 0.15) is 0 Å². The quantitative estimate of drug-likeness (QED) is 0.653. The van der Waals surface area contributed by atoms with Crippen LogP contribution in [0.4, 0.5) is 0 Å². The van der Waals surface area contributed by atoms with Crippen LogP contribution in [0.25, 0.3) is 0 Å². The number of ether oxygens (including phenoxy) is 1. The van der Waals surface area contributed by atoms with Crippen LogP contribution < -0.4 is 5.32 Å². The Morgan fingerprint density at radius 2 is 2.33 bits per heavy atom. The van der Waals surface area contributed by atoms with Gasteiger partial charge in [0.15, 0.2) is 0 Å². The number of rotatable bonds is 7. The largest absolute Gasteiger partial charge is 0.386 e. The maximum atomic E-state index is 5.29. The summed E-state index contributed by atoms with van der Waals surface area (Å²) in [5, 5.41) is 3.46. The highest BCUT2D eigenvalue weighted by molar-refractivity contribution is 5.04. The third-order valence-corrected chi connectivity index (χ3v) is 3.02. The Morgan fingerprint density at radius 1 is 1.47 bits per heavy atom. The van der Waals surface area contributed by atoms with Gasteiger partial charge in [0, 0.05) is 18.8 Å². The molecule has 0 aromatic carbocycles. The molecule has 1 N–H and O–H groups in total. The van der Waals surface area contributed by atoms with Crippen LogP contribution in [0.5, 0.6) is 0 Å². The molecule has 0 radical (unpaired) electrons. The average molecular weight is 211 g/mol. The van der Waals surface area contributed by atoms with Crippen LogP contribution in [-0.2, 0) is 4.74 Å². The van der Waals surface area contributed by atoms with Gasteiger partial charge in [-0.15, -0.1) is 0 Å². The predicted molar refractivity (Wildman–Crippen MR) is 64.8 cm³/mol. The monoisotopic (exact) mass is 211 g/mol. The molecule has 0 fully saturated rings. The van der Waals surface area contributed by atoms with Gasteiger partial charge in [-0.25, -0.2) is 0 Å². The Labute approximate surface area is 94.1 Å². The van der Waals surface area contributed by atoms with Crippen molar-refractivity contribution in [1.82, 2.24) is 5.32 Å². The summed E-state index contributed by atoms with van der Waals surface area (Å²) in [7, 11) is 0. The highest BCUT2D eigenvalue weighted by Crippen LogP contribution is 2.25. The van der Waals surface area contributed by atoms with E-state index in [0.717, 1.165) is 25.7 Å². The zero-order valence-corrected chi connectivity index (χ0v) is 10.2. The summed E-state index contributed by atoms with van der Waals surface area (Å²) >= 11 is 0. The molecule has 1 atom stereocenters. The molecule has 0 aliphatic heterocycles. The molecule has 0 amide bonds. The lowest BCUT2D eigenvalue weighted by molar-refractivity contribution is 0.150. The third kappa shape index (κ3) is 5.22. The average Bonchev–Trinajstić information content (AvgIpc) is 2.27. The molecular weight excluding hydrogens is 186 g/mol. The van der Waals surface area contributed by atoms with Crippen molar-refractivity contribution in [3.63, 3.8) is 0 Å². The van der Waals surface area contributed by atoms with Crippen molar-refractivity contribution in [2.45, 2.75) is 46.0 Å². The number of hydrogen-bond acceptors (Lipinski definition) is 2. The van der Waals surface area contributed by atoms with Gasteiger partial charge >= 0.3 is 0 Å². The van der Waals surface area contributed by atoms with Crippen LogP contribution >= 0.6 is 0 Å². The first-order chi connectivity index (χ1) is 7.36. The standard InChI is InChI=1S/C13H25NO/c1-3-5-12-6-8-13(9-7-12)14-10-11-15-4-2/h8,12,14H,3-7,9-11H2,1-2H3. The topological polar surface area (TPSA) is 21.3 Å². The molecule has 0 heterocycles. The van der Waals surface area contributed by atoms with Gasteiger partial charge in [0.25, 0.3) is 0 Å². The van der Waals surface area contributed by atoms with Crippen molar-refractivity contribution >= 4 is 0 Å². The first kappa shape index (κ1) is 12.6. The second-order valence-corrected chi connectivity index (χ2v) is 4.28. The molecule has 1 aliphatic rings. The highest BCUT2D eigenvalue weighted by atomic mass is 16.5. The molecular formula is C13H25NO. The molecule has 1 unspecified atom stereocenters. The predicted octanol–water partition coefficient (Wildman–Crippen LogP) is 3.10. The Morgan fingerprint density at radius 3 is 2.93 bits per heavy atom. The minimum absolute atomic E-state index is 0.819. The Bertz CT molecular complexity index is 189. The van der Waals surface area contributed by atoms with Crippen molar-refractivity contribution < 1.29 is 4.74 Å². The molecule has 15 heavy (non-hydrogen) atoms. The van der Waals surface area contributed by atoms with Gasteiger partial charge in [-0.1, -0.05) is 25.8 Å². The van der Waals surface area contributed by atoms with Crippen molar-refractivity contribution in [2.75, 3.05) is 19.8 Å². The highest BCUT2D eigenvalue weighted by Gasteiger charge is 2.12. The second-order valence-electron chi connectivity index (χ2n) is 4.28. The Hall–Kier alpha value is -0.500. The summed E-state index contributed by atoms with van der Waals surface area (Å²) in [6, 6.07) is 0. The molecule has 0 saturated carbocycles. The minimum atomic E-state index is 0.819. The smallest absolute Gasteiger partial charge is 0.0638 e. The van der Waals surface area contributed by atoms with E-state index in [9.17, 15) is 0 Å². The van der Waals surface area contributed by atoms with E-state index < -0.39 is 0 Å². The summed E-state index contributed by atoms with van der Waals surface area (Å²) < 4.78 is 5.29. The Balaban J connectivity index is 2.11. The fourth-order valence-corrected chi connectivity index (χ4v) is 2.15. The zero-order valence-electron chi connectivity index (χ0n) is 10.2. The molecule has 0 saturated heterocycles. The SMILES string of the molecule is CCCC1CC=C(NCCOCC)CC1. The normalized spacial score (nSPS) is 21.2. The van der Waals surface area contributed by atoms with Crippen LogP contribution in [-0.4, -0.2) is 19.8 Å². The van der Waals surface area contributed by atoms with Crippen LogP contribution in [0.2, 0.25) is 0 Å². The van der Waals surface area contributed by atoms with Gasteiger partial charge in [-0.3, -0.25) is 0 Å². The van der Waals surface area contributed by atoms with Crippen molar-refractivity contribution in [2.24, 2.45) is 5.92 Å². The lowest BCUT2D eigenvalue weighted by Crippen LogP contribution is -2.22. The third-order valence-electron chi connectivity index (χ3n) is 3.02. The van der Waals surface area contributed by atoms with Gasteiger partial charge in [0.05, 0.1) is 6.61 Å². The molecule has 0 aromatic rings. The van der Waals surface area contributed by atoms with Crippen LogP contribution in [0.15, 0.2) is 11.8 Å². The fraction of sp³-hybridized carbons (Fsp3) is 0.846. The van der Waals surface area contributed by atoms with Crippen LogP contribution in [0.1, 0.15) is 46.0 Å². The zero-order chi connectivity index (χ0) is 10.9. The van der Waals surface area contributed by atoms with E-state index in [2.05, 4.69) is 18.3 Å². The van der Waals surface area contributed by atoms with E-state index in [1.165, 1.54) is 37.8 Å². The van der Waals surface area contributed by atoms with E-state index in [4.69, 9.17) is 4.74 Å². The van der Waals surface area contributed by atoms with Crippen LogP contribution in [0, 0.1) is 5.92 Å². The number of allylic oxidation sites excluding steroid dienone is 2. The van der Waals surface area contributed by atoms with Crippen molar-refractivity contribution in [1.29, 1.82) is 0 Å². The van der Waals surface area contributed by atoms with E-state index in [0.29, 0.717) is 0 Å². The number of hydrogen-bond donors (Lipinski definition) is 1. The maximum absolute atomic E-state index is 5.29. The van der Waals surface area contributed by atoms with Crippen molar-refractivity contribution in [3.8, 4) is 0 Å². The lowest BCUT2D eigenvalue weighted by Gasteiger charge is -2.22. The van der Waals surface area contributed by atoms with Gasteiger partial charge < -0.3 is 10.1 Å². The molecule has 0 bridgehead atoms. The summed E-state index contributed by atoms with van der Waals surface area (Å²) in [5.74, 6) is 0.937. The first-order valence-electron chi connectivity index (χ1n) is 6.37. The van der Waals surface area contributed by atoms with Crippen molar-refractivity contribution in [3.05, 3.63) is 11.8 Å². The molecule has 0 spiro atoms. The van der Waals surface area contributed by atoms with E-state index >= 15 is 0 Å². The van der Waals surface area contributed by atoms with Gasteiger partial charge in [0.2, 0.25) is 0 Å². The molecule has 2 nitrogen and oxygen atoms in total. The first-order valence-corrected chi connectivity index (χ1v) is 6.37. The van der Waals surface area contributed by atoms with Crippen LogP contribution in [0.3, 0.4) is 0 Å². The Kier molecular flexibility index (Phi) is 6.49. The molecule has 1 aliphatic carbocycles. The van der Waals surface area contributed by atoms with E-state index in [-0.39, 0.29) is 0 Å². The summed E-state index contributed by atoms with van der Waals surface area (Å²) in [6.07, 6.45) is 8.97. The fourth-order valence-electron chi connectivity index (χ4n) is 2.15. The summed E-state index contributed by atoms with van der Waals surface area (Å²) in [5.41, 5.74) is 1.43.